The summed E-state index contributed by atoms with van der Waals surface area (Å²) >= 11 is 0. The van der Waals surface area contributed by atoms with Crippen molar-refractivity contribution in [1.29, 1.82) is 0 Å². The molecule has 1 N–H and O–H groups in total. The molecule has 1 saturated heterocycles. The molecule has 0 bridgehead atoms. The molecule has 4 rings (SSSR count). The fourth-order valence-corrected chi connectivity index (χ4v) is 4.09. The van der Waals surface area contributed by atoms with Crippen molar-refractivity contribution in [1.82, 2.24) is 10.2 Å². The number of carbonyl (C=O) groups is 1. The summed E-state index contributed by atoms with van der Waals surface area (Å²) in [4.78, 5) is 15.1. The van der Waals surface area contributed by atoms with Crippen LogP contribution < -0.4 is 19.5 Å². The molecule has 2 aromatic carbocycles. The quantitative estimate of drug-likeness (QED) is 0.780. The van der Waals surface area contributed by atoms with E-state index in [1.165, 1.54) is 12.8 Å². The number of likely N-dealkylation sites (tertiary alicyclic amines) is 1. The second-order valence-electron chi connectivity index (χ2n) is 7.46. The molecule has 29 heavy (non-hydrogen) atoms. The van der Waals surface area contributed by atoms with Gasteiger partial charge in [-0.25, -0.2) is 0 Å². The fourth-order valence-electron chi connectivity index (χ4n) is 4.09. The van der Waals surface area contributed by atoms with Gasteiger partial charge in [-0.3, -0.25) is 9.69 Å². The Balaban J connectivity index is 1.42. The van der Waals surface area contributed by atoms with Crippen LogP contribution in [0.25, 0.3) is 0 Å². The van der Waals surface area contributed by atoms with Crippen LogP contribution in [0, 0.1) is 0 Å². The smallest absolute Gasteiger partial charge is 0.224 e. The molecule has 0 spiro atoms. The second-order valence-corrected chi connectivity index (χ2v) is 7.46. The van der Waals surface area contributed by atoms with Crippen molar-refractivity contribution in [2.45, 2.75) is 25.3 Å². The van der Waals surface area contributed by atoms with Crippen LogP contribution in [0.15, 0.2) is 42.5 Å². The van der Waals surface area contributed by atoms with Crippen LogP contribution >= 0.6 is 0 Å². The molecule has 0 aromatic heterocycles. The summed E-state index contributed by atoms with van der Waals surface area (Å²) in [7, 11) is 1.69. The number of fused-ring (bicyclic) bond motifs is 1. The van der Waals surface area contributed by atoms with Crippen molar-refractivity contribution in [3.05, 3.63) is 53.6 Å². The molecular formula is C23H28N2O4. The minimum atomic E-state index is 0.000715. The number of benzene rings is 2. The lowest BCUT2D eigenvalue weighted by Gasteiger charge is -2.29. The molecule has 2 aromatic rings. The Bertz CT molecular complexity index is 849. The first-order valence-electron chi connectivity index (χ1n) is 10.3. The zero-order valence-electron chi connectivity index (χ0n) is 16.9. The maximum absolute atomic E-state index is 12.7. The number of ether oxygens (including phenoxy) is 3. The molecule has 1 fully saturated rings. The normalized spacial score (nSPS) is 17.0. The predicted molar refractivity (Wildman–Crippen MR) is 111 cm³/mol. The van der Waals surface area contributed by atoms with Gasteiger partial charge in [0.25, 0.3) is 0 Å². The van der Waals surface area contributed by atoms with Gasteiger partial charge in [-0.1, -0.05) is 24.3 Å². The van der Waals surface area contributed by atoms with Gasteiger partial charge in [-0.2, -0.15) is 0 Å². The van der Waals surface area contributed by atoms with Gasteiger partial charge < -0.3 is 19.5 Å². The Labute approximate surface area is 171 Å². The van der Waals surface area contributed by atoms with Gasteiger partial charge >= 0.3 is 0 Å². The Morgan fingerprint density at radius 2 is 1.86 bits per heavy atom. The second kappa shape index (κ2) is 9.18. The number of hydrogen-bond donors (Lipinski definition) is 1. The Morgan fingerprint density at radius 3 is 2.66 bits per heavy atom. The standard InChI is InChI=1S/C23H28N2O4/c1-27-20-7-3-2-6-18(20)19(25-10-4-5-11-25)16-24-23(26)15-17-8-9-21-22(14-17)29-13-12-28-21/h2-3,6-9,14,19H,4-5,10-13,15-16H2,1H3,(H,24,26). The van der Waals surface area contributed by atoms with Gasteiger partial charge in [0.2, 0.25) is 5.91 Å². The van der Waals surface area contributed by atoms with Crippen LogP contribution in [0.1, 0.15) is 30.0 Å². The molecule has 0 saturated carbocycles. The average Bonchev–Trinajstić information content (AvgIpc) is 3.29. The van der Waals surface area contributed by atoms with Crippen molar-refractivity contribution >= 4 is 5.91 Å². The van der Waals surface area contributed by atoms with E-state index in [-0.39, 0.29) is 11.9 Å². The highest BCUT2D eigenvalue weighted by Gasteiger charge is 2.26. The van der Waals surface area contributed by atoms with E-state index in [1.807, 2.05) is 36.4 Å². The van der Waals surface area contributed by atoms with Crippen molar-refractivity contribution in [2.75, 3.05) is 40.0 Å². The Hall–Kier alpha value is -2.73. The fraction of sp³-hybridized carbons (Fsp3) is 0.435. The summed E-state index contributed by atoms with van der Waals surface area (Å²) in [6, 6.07) is 13.9. The average molecular weight is 396 g/mol. The van der Waals surface area contributed by atoms with E-state index in [0.717, 1.165) is 35.7 Å². The first-order valence-corrected chi connectivity index (χ1v) is 10.3. The van der Waals surface area contributed by atoms with E-state index in [1.54, 1.807) is 7.11 Å². The molecule has 6 heteroatoms. The number of carbonyl (C=O) groups excluding carboxylic acids is 1. The lowest BCUT2D eigenvalue weighted by atomic mass is 10.0. The van der Waals surface area contributed by atoms with Crippen molar-refractivity contribution < 1.29 is 19.0 Å². The SMILES string of the molecule is COc1ccccc1C(CNC(=O)Cc1ccc2c(c1)OCCO2)N1CCCC1. The number of rotatable bonds is 7. The molecule has 2 aliphatic heterocycles. The molecule has 0 aliphatic carbocycles. The number of nitrogens with zero attached hydrogens (tertiary/aromatic N) is 1. The van der Waals surface area contributed by atoms with Gasteiger partial charge in [0, 0.05) is 12.1 Å². The third-order valence-corrected chi connectivity index (χ3v) is 5.54. The van der Waals surface area contributed by atoms with Crippen LogP contribution in [0.3, 0.4) is 0 Å². The number of para-hydroxylation sites is 1. The van der Waals surface area contributed by atoms with Crippen LogP contribution in [0.2, 0.25) is 0 Å². The third-order valence-electron chi connectivity index (χ3n) is 5.54. The molecule has 1 unspecified atom stereocenters. The van der Waals surface area contributed by atoms with Crippen LogP contribution in [-0.4, -0.2) is 50.8 Å². The zero-order valence-corrected chi connectivity index (χ0v) is 16.9. The first-order chi connectivity index (χ1) is 14.2. The lowest BCUT2D eigenvalue weighted by Crippen LogP contribution is -2.37. The summed E-state index contributed by atoms with van der Waals surface area (Å²) in [5.41, 5.74) is 2.04. The molecule has 6 nitrogen and oxygen atoms in total. The topological polar surface area (TPSA) is 60.0 Å². The lowest BCUT2D eigenvalue weighted by molar-refractivity contribution is -0.120. The van der Waals surface area contributed by atoms with Crippen LogP contribution in [-0.2, 0) is 11.2 Å². The van der Waals surface area contributed by atoms with Gasteiger partial charge in [-0.05, 0) is 49.7 Å². The highest BCUT2D eigenvalue weighted by Crippen LogP contribution is 2.32. The van der Waals surface area contributed by atoms with E-state index >= 15 is 0 Å². The van der Waals surface area contributed by atoms with Gasteiger partial charge in [0.05, 0.1) is 19.6 Å². The largest absolute Gasteiger partial charge is 0.496 e. The number of hydrogen-bond acceptors (Lipinski definition) is 5. The summed E-state index contributed by atoms with van der Waals surface area (Å²) in [5.74, 6) is 2.32. The minimum Gasteiger partial charge on any atom is -0.496 e. The van der Waals surface area contributed by atoms with Crippen LogP contribution in [0.4, 0.5) is 0 Å². The molecule has 0 radical (unpaired) electrons. The third kappa shape index (κ3) is 4.65. The van der Waals surface area contributed by atoms with Crippen LogP contribution in [0.5, 0.6) is 17.2 Å². The molecular weight excluding hydrogens is 368 g/mol. The summed E-state index contributed by atoms with van der Waals surface area (Å²) in [6.45, 7) is 3.75. The monoisotopic (exact) mass is 396 g/mol. The highest BCUT2D eigenvalue weighted by molar-refractivity contribution is 5.78. The molecule has 2 aliphatic rings. The number of methoxy groups -OCH3 is 1. The molecule has 2 heterocycles. The van der Waals surface area contributed by atoms with E-state index in [4.69, 9.17) is 14.2 Å². The molecule has 154 valence electrons. The number of nitrogens with one attached hydrogen (secondary N) is 1. The van der Waals surface area contributed by atoms with Crippen molar-refractivity contribution in [3.63, 3.8) is 0 Å². The molecule has 1 amide bonds. The number of amides is 1. The van der Waals surface area contributed by atoms with E-state index in [9.17, 15) is 4.79 Å². The minimum absolute atomic E-state index is 0.000715. The summed E-state index contributed by atoms with van der Waals surface area (Å²) in [6.07, 6.45) is 2.70. The van der Waals surface area contributed by atoms with Gasteiger partial charge in [-0.15, -0.1) is 0 Å². The highest BCUT2D eigenvalue weighted by atomic mass is 16.6. The summed E-state index contributed by atoms with van der Waals surface area (Å²) in [5, 5.41) is 3.13. The van der Waals surface area contributed by atoms with E-state index in [0.29, 0.717) is 31.9 Å². The maximum atomic E-state index is 12.7. The Kier molecular flexibility index (Phi) is 6.20. The van der Waals surface area contributed by atoms with E-state index in [2.05, 4.69) is 16.3 Å². The maximum Gasteiger partial charge on any atom is 0.224 e. The zero-order chi connectivity index (χ0) is 20.1. The van der Waals surface area contributed by atoms with Crippen molar-refractivity contribution in [2.24, 2.45) is 0 Å². The van der Waals surface area contributed by atoms with Crippen molar-refractivity contribution in [3.8, 4) is 17.2 Å². The predicted octanol–water partition coefficient (Wildman–Crippen LogP) is 2.96. The first kappa shape index (κ1) is 19.6. The van der Waals surface area contributed by atoms with Gasteiger partial charge in [0.15, 0.2) is 11.5 Å². The van der Waals surface area contributed by atoms with Gasteiger partial charge in [0.1, 0.15) is 19.0 Å². The van der Waals surface area contributed by atoms with E-state index < -0.39 is 0 Å². The Morgan fingerprint density at radius 1 is 1.10 bits per heavy atom. The summed E-state index contributed by atoms with van der Waals surface area (Å²) < 4.78 is 16.7. The molecule has 1 atom stereocenters.